The third-order valence-corrected chi connectivity index (χ3v) is 3.87. The van der Waals surface area contributed by atoms with Gasteiger partial charge in [-0.15, -0.1) is 0 Å². The topological polar surface area (TPSA) is 90.7 Å². The number of amides is 1. The number of carbonyl (C=O) groups is 1. The highest BCUT2D eigenvalue weighted by molar-refractivity contribution is 6.30. The Morgan fingerprint density at radius 2 is 1.84 bits per heavy atom. The molecule has 1 unspecified atom stereocenters. The summed E-state index contributed by atoms with van der Waals surface area (Å²) in [6.07, 6.45) is 0. The molecule has 132 valence electrons. The van der Waals surface area contributed by atoms with Gasteiger partial charge in [0.05, 0.1) is 31.3 Å². The molecule has 0 bridgehead atoms. The Labute approximate surface area is 149 Å². The molecule has 2 aromatic carbocycles. The van der Waals surface area contributed by atoms with Crippen LogP contribution in [-0.4, -0.2) is 25.1 Å². The van der Waals surface area contributed by atoms with Crippen molar-refractivity contribution in [3.63, 3.8) is 0 Å². The number of nitrogens with one attached hydrogen (secondary N) is 1. The summed E-state index contributed by atoms with van der Waals surface area (Å²) >= 11 is 5.95. The molecule has 2 aromatic rings. The predicted octanol–water partition coefficient (Wildman–Crippen LogP) is 3.76. The zero-order valence-electron chi connectivity index (χ0n) is 13.9. The van der Waals surface area contributed by atoms with Gasteiger partial charge in [-0.25, -0.2) is 0 Å². The Morgan fingerprint density at radius 1 is 1.20 bits per heavy atom. The fourth-order valence-corrected chi connectivity index (χ4v) is 2.53. The molecular weight excluding hydrogens is 348 g/mol. The molecule has 0 saturated heterocycles. The summed E-state index contributed by atoms with van der Waals surface area (Å²) in [4.78, 5) is 23.2. The van der Waals surface area contributed by atoms with Gasteiger partial charge in [0.1, 0.15) is 5.56 Å². The number of ether oxygens (including phenoxy) is 2. The van der Waals surface area contributed by atoms with Gasteiger partial charge < -0.3 is 14.8 Å². The number of hydrogen-bond donors (Lipinski definition) is 1. The molecule has 0 aliphatic heterocycles. The monoisotopic (exact) mass is 364 g/mol. The molecule has 25 heavy (non-hydrogen) atoms. The molecule has 0 spiro atoms. The fourth-order valence-electron chi connectivity index (χ4n) is 2.33. The smallest absolute Gasteiger partial charge is 0.286 e. The van der Waals surface area contributed by atoms with E-state index in [0.717, 1.165) is 11.6 Å². The average molecular weight is 365 g/mol. The molecule has 7 nitrogen and oxygen atoms in total. The van der Waals surface area contributed by atoms with Crippen molar-refractivity contribution in [1.82, 2.24) is 5.32 Å². The van der Waals surface area contributed by atoms with Gasteiger partial charge in [0.2, 0.25) is 0 Å². The number of benzene rings is 2. The predicted molar refractivity (Wildman–Crippen MR) is 93.5 cm³/mol. The van der Waals surface area contributed by atoms with Crippen molar-refractivity contribution in [3.8, 4) is 11.5 Å². The number of methoxy groups -OCH3 is 2. The first-order chi connectivity index (χ1) is 11.9. The molecule has 1 amide bonds. The Hall–Kier alpha value is -2.80. The second kappa shape index (κ2) is 7.85. The first-order valence-electron chi connectivity index (χ1n) is 7.34. The molecule has 0 aliphatic carbocycles. The van der Waals surface area contributed by atoms with Crippen molar-refractivity contribution in [2.45, 2.75) is 13.0 Å². The molecule has 0 aromatic heterocycles. The van der Waals surface area contributed by atoms with Crippen LogP contribution in [-0.2, 0) is 0 Å². The Bertz CT molecular complexity index is 810. The number of hydrogen-bond acceptors (Lipinski definition) is 5. The normalized spacial score (nSPS) is 11.5. The number of carbonyl (C=O) groups excluding carboxylic acids is 1. The summed E-state index contributed by atoms with van der Waals surface area (Å²) in [5.41, 5.74) is 0.300. The van der Waals surface area contributed by atoms with Gasteiger partial charge in [-0.05, 0) is 24.6 Å². The lowest BCUT2D eigenvalue weighted by atomic mass is 10.1. The van der Waals surface area contributed by atoms with Gasteiger partial charge in [-0.1, -0.05) is 23.7 Å². The number of nitro benzene ring substituents is 1. The van der Waals surface area contributed by atoms with Gasteiger partial charge in [-0.2, -0.15) is 0 Å². The quantitative estimate of drug-likeness (QED) is 0.622. The molecule has 0 heterocycles. The number of rotatable bonds is 6. The second-order valence-corrected chi connectivity index (χ2v) is 5.67. The van der Waals surface area contributed by atoms with E-state index in [4.69, 9.17) is 21.1 Å². The van der Waals surface area contributed by atoms with Crippen LogP contribution in [0.1, 0.15) is 28.9 Å². The van der Waals surface area contributed by atoms with Gasteiger partial charge in [-0.3, -0.25) is 14.9 Å². The van der Waals surface area contributed by atoms with E-state index < -0.39 is 10.8 Å². The van der Waals surface area contributed by atoms with Crippen LogP contribution in [0.5, 0.6) is 11.5 Å². The highest BCUT2D eigenvalue weighted by Gasteiger charge is 2.25. The highest BCUT2D eigenvalue weighted by Crippen LogP contribution is 2.34. The SMILES string of the molecule is COc1cc(C(=O)NC(C)c2cccc(Cl)c2)c([N+](=O)[O-])cc1OC. The maximum Gasteiger partial charge on any atom is 0.286 e. The molecule has 2 rings (SSSR count). The van der Waals surface area contributed by atoms with Crippen LogP contribution >= 0.6 is 11.6 Å². The lowest BCUT2D eigenvalue weighted by molar-refractivity contribution is -0.385. The van der Waals surface area contributed by atoms with Crippen molar-refractivity contribution < 1.29 is 19.2 Å². The van der Waals surface area contributed by atoms with Gasteiger partial charge in [0.25, 0.3) is 11.6 Å². The van der Waals surface area contributed by atoms with Crippen molar-refractivity contribution in [1.29, 1.82) is 0 Å². The first-order valence-corrected chi connectivity index (χ1v) is 7.72. The van der Waals surface area contributed by atoms with E-state index in [-0.39, 0.29) is 28.8 Å². The van der Waals surface area contributed by atoms with Crippen LogP contribution < -0.4 is 14.8 Å². The molecule has 0 fully saturated rings. The minimum absolute atomic E-state index is 0.114. The number of nitro groups is 1. The van der Waals surface area contributed by atoms with E-state index in [1.165, 1.54) is 20.3 Å². The van der Waals surface area contributed by atoms with E-state index in [1.807, 2.05) is 0 Å². The van der Waals surface area contributed by atoms with E-state index in [2.05, 4.69) is 5.32 Å². The van der Waals surface area contributed by atoms with Crippen LogP contribution in [0.2, 0.25) is 5.02 Å². The fraction of sp³-hybridized carbons (Fsp3) is 0.235. The largest absolute Gasteiger partial charge is 0.493 e. The summed E-state index contributed by atoms with van der Waals surface area (Å²) in [6, 6.07) is 9.07. The Kier molecular flexibility index (Phi) is 5.82. The standard InChI is InChI=1S/C17H17ClN2O5/c1-10(11-5-4-6-12(18)7-11)19-17(21)13-8-15(24-2)16(25-3)9-14(13)20(22)23/h4-10H,1-3H3,(H,19,21). The number of nitrogens with zero attached hydrogens (tertiary/aromatic N) is 1. The summed E-state index contributed by atoms with van der Waals surface area (Å²) in [6.45, 7) is 1.76. The molecular formula is C17H17ClN2O5. The molecule has 0 aliphatic rings. The van der Waals surface area contributed by atoms with Crippen LogP contribution in [0.25, 0.3) is 0 Å². The minimum Gasteiger partial charge on any atom is -0.493 e. The van der Waals surface area contributed by atoms with Gasteiger partial charge >= 0.3 is 0 Å². The van der Waals surface area contributed by atoms with Gasteiger partial charge in [0, 0.05) is 11.1 Å². The van der Waals surface area contributed by atoms with E-state index in [1.54, 1.807) is 31.2 Å². The van der Waals surface area contributed by atoms with Crippen molar-refractivity contribution in [2.24, 2.45) is 0 Å². The van der Waals surface area contributed by atoms with Crippen LogP contribution in [0.3, 0.4) is 0 Å². The summed E-state index contributed by atoms with van der Waals surface area (Å²) in [5.74, 6) is -0.192. The molecule has 0 radical (unpaired) electrons. The maximum absolute atomic E-state index is 12.6. The molecule has 0 saturated carbocycles. The lowest BCUT2D eigenvalue weighted by Gasteiger charge is -2.16. The molecule has 1 N–H and O–H groups in total. The average Bonchev–Trinajstić information content (AvgIpc) is 2.60. The molecule has 8 heteroatoms. The second-order valence-electron chi connectivity index (χ2n) is 5.23. The number of halogens is 1. The van der Waals surface area contributed by atoms with Gasteiger partial charge in [0.15, 0.2) is 11.5 Å². The summed E-state index contributed by atoms with van der Waals surface area (Å²) in [5, 5.41) is 14.6. The van der Waals surface area contributed by atoms with Crippen LogP contribution in [0.4, 0.5) is 5.69 Å². The maximum atomic E-state index is 12.6. The van der Waals surface area contributed by atoms with E-state index in [9.17, 15) is 14.9 Å². The van der Waals surface area contributed by atoms with E-state index in [0.29, 0.717) is 5.02 Å². The Balaban J connectivity index is 2.36. The van der Waals surface area contributed by atoms with Crippen molar-refractivity contribution >= 4 is 23.2 Å². The van der Waals surface area contributed by atoms with Crippen LogP contribution in [0, 0.1) is 10.1 Å². The first kappa shape index (κ1) is 18.5. The lowest BCUT2D eigenvalue weighted by Crippen LogP contribution is -2.27. The van der Waals surface area contributed by atoms with E-state index >= 15 is 0 Å². The summed E-state index contributed by atoms with van der Waals surface area (Å²) < 4.78 is 10.2. The molecule has 1 atom stereocenters. The Morgan fingerprint density at radius 3 is 2.40 bits per heavy atom. The third-order valence-electron chi connectivity index (χ3n) is 3.64. The summed E-state index contributed by atoms with van der Waals surface area (Å²) in [7, 11) is 2.75. The van der Waals surface area contributed by atoms with Crippen LogP contribution in [0.15, 0.2) is 36.4 Å². The van der Waals surface area contributed by atoms with Crippen molar-refractivity contribution in [2.75, 3.05) is 14.2 Å². The third kappa shape index (κ3) is 4.19. The zero-order chi connectivity index (χ0) is 18.6. The van der Waals surface area contributed by atoms with Crippen molar-refractivity contribution in [3.05, 3.63) is 62.7 Å². The highest BCUT2D eigenvalue weighted by atomic mass is 35.5. The minimum atomic E-state index is -0.638. The zero-order valence-corrected chi connectivity index (χ0v) is 14.7.